The predicted octanol–water partition coefficient (Wildman–Crippen LogP) is -0.959. The Morgan fingerprint density at radius 1 is 1.17 bits per heavy atom. The minimum absolute atomic E-state index is 0.0605. The molecule has 1 saturated heterocycles. The highest BCUT2D eigenvalue weighted by molar-refractivity contribution is 8.01. The van der Waals surface area contributed by atoms with Gasteiger partial charge in [-0.15, -0.1) is 16.9 Å². The van der Waals surface area contributed by atoms with Crippen LogP contribution in [0.3, 0.4) is 0 Å². The number of carbonyl (C=O) groups excluding carboxylic acids is 5. The number of carboxylic acids is 1. The first-order chi connectivity index (χ1) is 20.2. The van der Waals surface area contributed by atoms with Crippen LogP contribution < -0.4 is 16.0 Å². The summed E-state index contributed by atoms with van der Waals surface area (Å²) < 4.78 is 11.5. The van der Waals surface area contributed by atoms with Gasteiger partial charge in [0, 0.05) is 18.6 Å². The summed E-state index contributed by atoms with van der Waals surface area (Å²) >= 11 is 2.46. The standard InChI is InChI=1S/C23H20N8O9S2/c1-30-23(27-28-29-30)42-9-10-8-41-21-14(20(36)31(21)15(10)22(37)38)25-17(33)13(11-4-2-6-39-11)24-18(34)19(35)26-16(32)12-5-3-7-40-12/h2-7,13-14,21H,8-9H2,1H3,(H,24,34)(H,25,33)(H,37,38)(H,26,32,35)/t13?,14-,21-/m1/s1. The van der Waals surface area contributed by atoms with Crippen molar-refractivity contribution >= 4 is 59.0 Å². The first kappa shape index (κ1) is 28.6. The molecule has 1 unspecified atom stereocenters. The van der Waals surface area contributed by atoms with Gasteiger partial charge in [0.05, 0.1) is 12.5 Å². The van der Waals surface area contributed by atoms with Crippen molar-refractivity contribution < 1.29 is 42.7 Å². The zero-order chi connectivity index (χ0) is 30.0. The van der Waals surface area contributed by atoms with Crippen molar-refractivity contribution in [3.8, 4) is 0 Å². The highest BCUT2D eigenvalue weighted by atomic mass is 32.2. The molecule has 42 heavy (non-hydrogen) atoms. The minimum Gasteiger partial charge on any atom is -0.477 e. The molecule has 2 aliphatic heterocycles. The summed E-state index contributed by atoms with van der Waals surface area (Å²) in [6.07, 6.45) is 2.44. The Bertz CT molecular complexity index is 1580. The van der Waals surface area contributed by atoms with E-state index in [1.807, 2.05) is 5.32 Å². The van der Waals surface area contributed by atoms with Crippen molar-refractivity contribution in [1.82, 2.24) is 41.1 Å². The molecule has 3 atom stereocenters. The summed E-state index contributed by atoms with van der Waals surface area (Å²) in [5, 5.41) is 27.2. The lowest BCUT2D eigenvalue weighted by Gasteiger charge is -2.49. The molecule has 0 spiro atoms. The number of aliphatic carboxylic acids is 1. The third kappa shape index (κ3) is 5.63. The molecular weight excluding hydrogens is 596 g/mol. The monoisotopic (exact) mass is 616 g/mol. The van der Waals surface area contributed by atoms with E-state index in [0.717, 1.165) is 4.90 Å². The number of rotatable bonds is 9. The second kappa shape index (κ2) is 11.9. The number of carboxylic acid groups (broad SMARTS) is 1. The number of β-lactam (4-membered cyclic amide) rings is 1. The lowest BCUT2D eigenvalue weighted by molar-refractivity contribution is -0.151. The molecule has 5 amide bonds. The van der Waals surface area contributed by atoms with Crippen LogP contribution in [0.4, 0.5) is 0 Å². The van der Waals surface area contributed by atoms with Gasteiger partial charge in [-0.2, -0.15) is 0 Å². The number of aryl methyl sites for hydroxylation is 1. The molecule has 3 aromatic heterocycles. The van der Waals surface area contributed by atoms with E-state index in [1.54, 1.807) is 7.05 Å². The van der Waals surface area contributed by atoms with Gasteiger partial charge >= 0.3 is 17.8 Å². The van der Waals surface area contributed by atoms with Crippen LogP contribution in [0, 0.1) is 0 Å². The number of tetrazole rings is 1. The number of nitrogens with zero attached hydrogens (tertiary/aromatic N) is 5. The van der Waals surface area contributed by atoms with Gasteiger partial charge in [0.25, 0.3) is 17.7 Å². The molecule has 1 fully saturated rings. The third-order valence-electron chi connectivity index (χ3n) is 6.05. The van der Waals surface area contributed by atoms with E-state index in [0.29, 0.717) is 10.7 Å². The molecule has 0 radical (unpaired) electrons. The second-order valence-electron chi connectivity index (χ2n) is 8.71. The lowest BCUT2D eigenvalue weighted by atomic mass is 10.0. The van der Waals surface area contributed by atoms with Crippen molar-refractivity contribution in [2.24, 2.45) is 7.05 Å². The molecule has 4 N–H and O–H groups in total. The van der Waals surface area contributed by atoms with Crippen LogP contribution in [0.5, 0.6) is 0 Å². The van der Waals surface area contributed by atoms with E-state index >= 15 is 0 Å². The molecule has 5 rings (SSSR count). The summed E-state index contributed by atoms with van der Waals surface area (Å²) in [6.45, 7) is 0. The van der Waals surface area contributed by atoms with Crippen LogP contribution in [0.15, 0.2) is 62.1 Å². The lowest BCUT2D eigenvalue weighted by Crippen LogP contribution is -2.71. The SMILES string of the molecule is Cn1nnnc1SCC1=C(C(=O)O)N2C(=O)[C@@H](NC(=O)C(NC(=O)C(=O)NC(=O)c3ccco3)c3ccco3)[C@H]2SC1. The molecule has 0 aliphatic carbocycles. The van der Waals surface area contributed by atoms with Crippen molar-refractivity contribution in [3.63, 3.8) is 0 Å². The fourth-order valence-electron chi connectivity index (χ4n) is 4.07. The van der Waals surface area contributed by atoms with Crippen LogP contribution in [-0.4, -0.2) is 88.6 Å². The van der Waals surface area contributed by atoms with Gasteiger partial charge in [-0.1, -0.05) is 11.8 Å². The Balaban J connectivity index is 1.26. The van der Waals surface area contributed by atoms with E-state index in [2.05, 4.69) is 26.2 Å². The fourth-order valence-corrected chi connectivity index (χ4v) is 6.41. The normalized spacial score (nSPS) is 18.5. The average molecular weight is 617 g/mol. The zero-order valence-electron chi connectivity index (χ0n) is 21.4. The highest BCUT2D eigenvalue weighted by Gasteiger charge is 2.54. The highest BCUT2D eigenvalue weighted by Crippen LogP contribution is 2.41. The van der Waals surface area contributed by atoms with Crippen LogP contribution in [0.1, 0.15) is 22.4 Å². The van der Waals surface area contributed by atoms with Gasteiger partial charge in [0.15, 0.2) is 11.8 Å². The molecule has 0 bridgehead atoms. The molecule has 5 heterocycles. The first-order valence-electron chi connectivity index (χ1n) is 11.9. The second-order valence-corrected chi connectivity index (χ2v) is 10.8. The molecule has 3 aromatic rings. The predicted molar refractivity (Wildman–Crippen MR) is 140 cm³/mol. The molecular formula is C23H20N8O9S2. The van der Waals surface area contributed by atoms with Gasteiger partial charge in [0.2, 0.25) is 5.16 Å². The van der Waals surface area contributed by atoms with Gasteiger partial charge in [-0.3, -0.25) is 34.2 Å². The van der Waals surface area contributed by atoms with E-state index in [1.165, 1.54) is 65.0 Å². The summed E-state index contributed by atoms with van der Waals surface area (Å²) in [6, 6.07) is 2.81. The molecule has 0 saturated carbocycles. The molecule has 218 valence electrons. The Kier molecular flexibility index (Phi) is 8.11. The van der Waals surface area contributed by atoms with E-state index in [-0.39, 0.29) is 28.7 Å². The fraction of sp³-hybridized carbons (Fsp3) is 0.261. The summed E-state index contributed by atoms with van der Waals surface area (Å²) in [5.74, 6) is -6.36. The summed E-state index contributed by atoms with van der Waals surface area (Å²) in [7, 11) is 1.64. The number of aromatic nitrogens is 4. The van der Waals surface area contributed by atoms with E-state index in [4.69, 9.17) is 8.83 Å². The maximum absolute atomic E-state index is 13.2. The number of furan rings is 2. The smallest absolute Gasteiger partial charge is 0.352 e. The number of thioether (sulfide) groups is 2. The minimum atomic E-state index is -1.56. The van der Waals surface area contributed by atoms with Crippen molar-refractivity contribution in [2.45, 2.75) is 22.6 Å². The third-order valence-corrected chi connectivity index (χ3v) is 8.48. The van der Waals surface area contributed by atoms with Crippen LogP contribution in [-0.2, 0) is 31.0 Å². The number of amides is 5. The molecule has 0 aromatic carbocycles. The van der Waals surface area contributed by atoms with E-state index in [9.17, 15) is 33.9 Å². The molecule has 2 aliphatic rings. The van der Waals surface area contributed by atoms with Crippen LogP contribution in [0.25, 0.3) is 0 Å². The van der Waals surface area contributed by atoms with Crippen LogP contribution >= 0.6 is 23.5 Å². The van der Waals surface area contributed by atoms with Gasteiger partial charge in [-0.25, -0.2) is 9.48 Å². The number of nitrogens with one attached hydrogen (secondary N) is 3. The Hall–Kier alpha value is -4.91. The van der Waals surface area contributed by atoms with Crippen molar-refractivity contribution in [3.05, 3.63) is 59.6 Å². The average Bonchev–Trinajstić information content (AvgIpc) is 3.76. The van der Waals surface area contributed by atoms with Gasteiger partial charge in [0.1, 0.15) is 22.9 Å². The Labute approximate surface area is 243 Å². The Morgan fingerprint density at radius 2 is 1.93 bits per heavy atom. The number of hydrogen-bond donors (Lipinski definition) is 4. The maximum atomic E-state index is 13.2. The first-order valence-corrected chi connectivity index (χ1v) is 14.0. The number of carbonyl (C=O) groups is 6. The van der Waals surface area contributed by atoms with Crippen molar-refractivity contribution in [2.75, 3.05) is 11.5 Å². The number of hydrogen-bond acceptors (Lipinski definition) is 13. The van der Waals surface area contributed by atoms with Gasteiger partial charge < -0.3 is 24.6 Å². The number of imide groups is 1. The quantitative estimate of drug-likeness (QED) is 0.129. The molecule has 17 nitrogen and oxygen atoms in total. The van der Waals surface area contributed by atoms with Gasteiger partial charge in [-0.05, 0) is 40.3 Å². The summed E-state index contributed by atoms with van der Waals surface area (Å²) in [4.78, 5) is 76.4. The molecule has 19 heteroatoms. The largest absolute Gasteiger partial charge is 0.477 e. The van der Waals surface area contributed by atoms with E-state index < -0.39 is 53.0 Å². The van der Waals surface area contributed by atoms with Crippen molar-refractivity contribution in [1.29, 1.82) is 0 Å². The van der Waals surface area contributed by atoms with Crippen LogP contribution in [0.2, 0.25) is 0 Å². The number of fused-ring (bicyclic) bond motifs is 1. The zero-order valence-corrected chi connectivity index (χ0v) is 23.0. The summed E-state index contributed by atoms with van der Waals surface area (Å²) in [5.41, 5.74) is 0.288. The Morgan fingerprint density at radius 3 is 2.57 bits per heavy atom. The maximum Gasteiger partial charge on any atom is 0.352 e. The topological polar surface area (TPSA) is 232 Å².